The maximum Gasteiger partial charge on any atom is 0.160 e. The van der Waals surface area contributed by atoms with E-state index in [1.165, 1.54) is 58.1 Å². The molecule has 0 aliphatic carbocycles. The van der Waals surface area contributed by atoms with Crippen LogP contribution in [-0.4, -0.2) is 9.97 Å². The summed E-state index contributed by atoms with van der Waals surface area (Å²) < 4.78 is 2.65. The van der Waals surface area contributed by atoms with Gasteiger partial charge in [0.25, 0.3) is 0 Å². The van der Waals surface area contributed by atoms with Crippen molar-refractivity contribution in [2.45, 2.75) is 0 Å². The summed E-state index contributed by atoms with van der Waals surface area (Å²) in [5.41, 5.74) is 7.27. The van der Waals surface area contributed by atoms with Crippen molar-refractivity contribution in [2.75, 3.05) is 0 Å². The van der Waals surface area contributed by atoms with Crippen LogP contribution < -0.4 is 0 Å². The molecule has 0 saturated carbocycles. The van der Waals surface area contributed by atoms with Gasteiger partial charge in [0, 0.05) is 36.9 Å². The summed E-state index contributed by atoms with van der Waals surface area (Å²) in [6, 6.07) is 60.8. The number of benzene rings is 8. The van der Waals surface area contributed by atoms with Crippen molar-refractivity contribution >= 4 is 63.8 Å². The molecule has 2 nitrogen and oxygen atoms in total. The smallest absolute Gasteiger partial charge is 0.160 e. The number of fused-ring (bicyclic) bond motifs is 9. The van der Waals surface area contributed by atoms with Crippen LogP contribution in [0, 0.1) is 0 Å². The zero-order chi connectivity index (χ0) is 32.3. The van der Waals surface area contributed by atoms with E-state index in [1.54, 1.807) is 0 Å². The largest absolute Gasteiger partial charge is 0.228 e. The van der Waals surface area contributed by atoms with Gasteiger partial charge in [0.2, 0.25) is 0 Å². The Morgan fingerprint density at radius 3 is 1.59 bits per heavy atom. The highest BCUT2D eigenvalue weighted by molar-refractivity contribution is 7.25. The molecule has 3 heteroatoms. The van der Waals surface area contributed by atoms with Crippen LogP contribution in [0.4, 0.5) is 0 Å². The number of rotatable bonds is 4. The molecule has 2 heterocycles. The monoisotopic (exact) mass is 640 g/mol. The minimum Gasteiger partial charge on any atom is -0.228 e. The van der Waals surface area contributed by atoms with Crippen molar-refractivity contribution < 1.29 is 0 Å². The number of aromatic nitrogens is 2. The van der Waals surface area contributed by atoms with Crippen molar-refractivity contribution in [3.05, 3.63) is 170 Å². The van der Waals surface area contributed by atoms with Crippen molar-refractivity contribution in [3.8, 4) is 45.0 Å². The Balaban J connectivity index is 1.21. The van der Waals surface area contributed by atoms with E-state index in [0.29, 0.717) is 5.82 Å². The highest BCUT2D eigenvalue weighted by Crippen LogP contribution is 2.43. The van der Waals surface area contributed by atoms with E-state index in [4.69, 9.17) is 9.97 Å². The average molecular weight is 641 g/mol. The molecule has 0 fully saturated rings. The molecule has 0 aliphatic rings. The predicted octanol–water partition coefficient (Wildman–Crippen LogP) is 13.0. The molecule has 0 aliphatic heterocycles. The summed E-state index contributed by atoms with van der Waals surface area (Å²) >= 11 is 1.87. The Labute approximate surface area is 287 Å². The van der Waals surface area contributed by atoms with E-state index >= 15 is 0 Å². The summed E-state index contributed by atoms with van der Waals surface area (Å²) in [7, 11) is 0. The minimum absolute atomic E-state index is 0.716. The van der Waals surface area contributed by atoms with Crippen LogP contribution in [0.15, 0.2) is 170 Å². The maximum absolute atomic E-state index is 5.19. The molecule has 0 atom stereocenters. The lowest BCUT2D eigenvalue weighted by Gasteiger charge is -2.14. The van der Waals surface area contributed by atoms with Gasteiger partial charge in [0.1, 0.15) is 0 Å². The van der Waals surface area contributed by atoms with Crippen molar-refractivity contribution in [2.24, 2.45) is 0 Å². The second kappa shape index (κ2) is 11.2. The van der Waals surface area contributed by atoms with Gasteiger partial charge in [-0.3, -0.25) is 0 Å². The third-order valence-electron chi connectivity index (χ3n) is 9.65. The van der Waals surface area contributed by atoms with E-state index in [9.17, 15) is 0 Å². The standard InChI is InChI=1S/C46H28N2S/c1-3-12-29(13-4-1)31-16-11-17-32(24-31)42-28-43(48-46(47-42)30-14-5-2-6-15-30)33-22-23-36-38(25-33)34-18-7-8-19-35(34)40-27-45-41(26-39(36)40)37-20-9-10-21-44(37)49-45/h1-28H. The lowest BCUT2D eigenvalue weighted by molar-refractivity contribution is 1.18. The Morgan fingerprint density at radius 1 is 0.286 bits per heavy atom. The van der Waals surface area contributed by atoms with Gasteiger partial charge in [-0.05, 0) is 79.8 Å². The van der Waals surface area contributed by atoms with Crippen LogP contribution in [0.1, 0.15) is 0 Å². The molecule has 0 amide bonds. The molecule has 2 aromatic heterocycles. The number of thiophene rings is 1. The molecule has 0 spiro atoms. The number of hydrogen-bond acceptors (Lipinski definition) is 3. The van der Waals surface area contributed by atoms with Crippen molar-refractivity contribution in [1.82, 2.24) is 9.97 Å². The highest BCUT2D eigenvalue weighted by Gasteiger charge is 2.16. The lowest BCUT2D eigenvalue weighted by atomic mass is 9.92. The zero-order valence-electron chi connectivity index (χ0n) is 26.5. The Hall–Kier alpha value is -6.16. The first-order valence-corrected chi connectivity index (χ1v) is 17.4. The molecule has 49 heavy (non-hydrogen) atoms. The summed E-state index contributed by atoms with van der Waals surface area (Å²) in [6.45, 7) is 0. The lowest BCUT2D eigenvalue weighted by Crippen LogP contribution is -1.96. The molecule has 10 aromatic rings. The molecule has 10 rings (SSSR count). The molecule has 0 radical (unpaired) electrons. The summed E-state index contributed by atoms with van der Waals surface area (Å²) in [4.78, 5) is 10.3. The van der Waals surface area contributed by atoms with Gasteiger partial charge in [-0.25, -0.2) is 9.97 Å². The second-order valence-electron chi connectivity index (χ2n) is 12.6. The van der Waals surface area contributed by atoms with E-state index in [0.717, 1.165) is 33.6 Å². The topological polar surface area (TPSA) is 25.8 Å². The fourth-order valence-electron chi connectivity index (χ4n) is 7.28. The summed E-state index contributed by atoms with van der Waals surface area (Å²) in [6.07, 6.45) is 0. The fourth-order valence-corrected chi connectivity index (χ4v) is 8.41. The molecular weight excluding hydrogens is 613 g/mol. The first-order valence-electron chi connectivity index (χ1n) is 16.6. The van der Waals surface area contributed by atoms with Gasteiger partial charge in [-0.15, -0.1) is 11.3 Å². The Bertz CT molecular complexity index is 2870. The Morgan fingerprint density at radius 2 is 0.837 bits per heavy atom. The van der Waals surface area contributed by atoms with Gasteiger partial charge in [-0.1, -0.05) is 133 Å². The second-order valence-corrected chi connectivity index (χ2v) is 13.7. The average Bonchev–Trinajstić information content (AvgIpc) is 3.55. The van der Waals surface area contributed by atoms with E-state index in [1.807, 2.05) is 29.5 Å². The third-order valence-corrected chi connectivity index (χ3v) is 10.8. The third kappa shape index (κ3) is 4.70. The van der Waals surface area contributed by atoms with E-state index in [2.05, 4.69) is 152 Å². The highest BCUT2D eigenvalue weighted by atomic mass is 32.1. The molecule has 0 bridgehead atoms. The van der Waals surface area contributed by atoms with Gasteiger partial charge in [-0.2, -0.15) is 0 Å². The van der Waals surface area contributed by atoms with Gasteiger partial charge in [0.15, 0.2) is 5.82 Å². The van der Waals surface area contributed by atoms with Gasteiger partial charge >= 0.3 is 0 Å². The minimum atomic E-state index is 0.716. The first-order chi connectivity index (χ1) is 24.3. The molecule has 0 N–H and O–H groups in total. The van der Waals surface area contributed by atoms with Crippen LogP contribution in [0.2, 0.25) is 0 Å². The van der Waals surface area contributed by atoms with Crippen LogP contribution >= 0.6 is 11.3 Å². The van der Waals surface area contributed by atoms with E-state index in [-0.39, 0.29) is 0 Å². The zero-order valence-corrected chi connectivity index (χ0v) is 27.3. The van der Waals surface area contributed by atoms with Crippen molar-refractivity contribution in [1.29, 1.82) is 0 Å². The summed E-state index contributed by atoms with van der Waals surface area (Å²) in [5, 5.41) is 10.2. The van der Waals surface area contributed by atoms with Gasteiger partial charge < -0.3 is 0 Å². The summed E-state index contributed by atoms with van der Waals surface area (Å²) in [5.74, 6) is 0.716. The quantitative estimate of drug-likeness (QED) is 0.179. The van der Waals surface area contributed by atoms with Crippen LogP contribution in [-0.2, 0) is 0 Å². The number of nitrogens with zero attached hydrogens (tertiary/aromatic N) is 2. The maximum atomic E-state index is 5.19. The van der Waals surface area contributed by atoms with Crippen LogP contribution in [0.3, 0.4) is 0 Å². The number of hydrogen-bond donors (Lipinski definition) is 0. The van der Waals surface area contributed by atoms with Crippen molar-refractivity contribution in [3.63, 3.8) is 0 Å². The predicted molar refractivity (Wildman–Crippen MR) is 209 cm³/mol. The first kappa shape index (κ1) is 27.9. The van der Waals surface area contributed by atoms with Crippen LogP contribution in [0.5, 0.6) is 0 Å². The Kier molecular flexibility index (Phi) is 6.39. The molecule has 0 saturated heterocycles. The normalized spacial score (nSPS) is 11.7. The van der Waals surface area contributed by atoms with Crippen LogP contribution in [0.25, 0.3) is 97.5 Å². The van der Waals surface area contributed by atoms with E-state index < -0.39 is 0 Å². The SMILES string of the molecule is c1ccc(-c2cccc(-c3cc(-c4ccc5c(c4)c4ccccc4c4cc6sc7ccccc7c6cc54)nc(-c4ccccc4)n3)c2)cc1. The van der Waals surface area contributed by atoms with Gasteiger partial charge in [0.05, 0.1) is 11.4 Å². The molecular formula is C46H28N2S. The molecule has 8 aromatic carbocycles. The fraction of sp³-hybridized carbons (Fsp3) is 0. The molecule has 228 valence electrons. The molecule has 0 unspecified atom stereocenters.